The Morgan fingerprint density at radius 2 is 1.86 bits per heavy atom. The number of carbonyl (C=O) groups is 3. The van der Waals surface area contributed by atoms with Crippen molar-refractivity contribution in [1.82, 2.24) is 10.2 Å². The Morgan fingerprint density at radius 3 is 2.65 bits per heavy atom. The smallest absolute Gasteiger partial charge is 0.248 e. The first-order valence-corrected chi connectivity index (χ1v) is 14.5. The normalized spacial score (nSPS) is 28.1. The van der Waals surface area contributed by atoms with Crippen LogP contribution in [-0.2, 0) is 14.4 Å². The zero-order chi connectivity index (χ0) is 26.0. The summed E-state index contributed by atoms with van der Waals surface area (Å²) < 4.78 is -0.567. The number of nitrogens with one attached hydrogen (secondary N) is 2. The summed E-state index contributed by atoms with van der Waals surface area (Å²) in [5, 5.41) is 17.5. The van der Waals surface area contributed by atoms with Gasteiger partial charge in [0.1, 0.15) is 6.04 Å². The number of nitrogens with zero attached hydrogens (tertiary/aromatic N) is 1. The first-order chi connectivity index (χ1) is 18.0. The maximum Gasteiger partial charge on any atom is 0.248 e. The Hall–Kier alpha value is -2.58. The standard InChI is InChI=1S/C29H37N3O4S/c1-2-15-30-26(34)23-22-13-14-29(37-22)24(23)28(36)32(16-7-3-4-8-17-33)25(29)27(35)31-21-12-11-19-9-5-6-10-20(19)18-21/h5-6,9-12,18,22-25,33H,2-4,7-8,13-17H2,1H3,(H,30,34)(H,31,35)/t22-,23+,24+,25?,29?/m1/s1. The molecule has 3 saturated heterocycles. The number of aliphatic hydroxyl groups excluding tert-OH is 1. The van der Waals surface area contributed by atoms with E-state index < -0.39 is 16.7 Å². The Kier molecular flexibility index (Phi) is 7.77. The Bertz CT molecular complexity index is 1170. The molecule has 5 rings (SSSR count). The van der Waals surface area contributed by atoms with E-state index in [0.29, 0.717) is 18.8 Å². The first kappa shape index (κ1) is 26.0. The van der Waals surface area contributed by atoms with Crippen LogP contribution in [0.15, 0.2) is 42.5 Å². The van der Waals surface area contributed by atoms with Crippen molar-refractivity contribution in [3.8, 4) is 0 Å². The summed E-state index contributed by atoms with van der Waals surface area (Å²) in [6.45, 7) is 3.27. The van der Waals surface area contributed by atoms with Gasteiger partial charge in [0.2, 0.25) is 17.7 Å². The Labute approximate surface area is 222 Å². The molecule has 1 spiro atoms. The van der Waals surface area contributed by atoms with E-state index in [9.17, 15) is 14.4 Å². The lowest BCUT2D eigenvalue weighted by Gasteiger charge is -2.34. The van der Waals surface area contributed by atoms with Crippen LogP contribution in [0.4, 0.5) is 5.69 Å². The number of aliphatic hydroxyl groups is 1. The molecule has 7 nitrogen and oxygen atoms in total. The summed E-state index contributed by atoms with van der Waals surface area (Å²) in [6.07, 6.45) is 5.75. The number of rotatable bonds is 11. The largest absolute Gasteiger partial charge is 0.396 e. The van der Waals surface area contributed by atoms with Crippen molar-refractivity contribution in [2.75, 3.05) is 25.0 Å². The van der Waals surface area contributed by atoms with Gasteiger partial charge in [0.25, 0.3) is 0 Å². The molecule has 3 heterocycles. The number of fused-ring (bicyclic) bond motifs is 2. The molecule has 3 fully saturated rings. The summed E-state index contributed by atoms with van der Waals surface area (Å²) >= 11 is 1.71. The summed E-state index contributed by atoms with van der Waals surface area (Å²) in [6, 6.07) is 13.3. The Balaban J connectivity index is 1.42. The fourth-order valence-corrected chi connectivity index (χ4v) is 8.81. The second-order valence-corrected chi connectivity index (χ2v) is 12.2. The molecule has 2 aromatic carbocycles. The van der Waals surface area contributed by atoms with Crippen LogP contribution in [0.2, 0.25) is 0 Å². The van der Waals surface area contributed by atoms with Crippen molar-refractivity contribution in [3.63, 3.8) is 0 Å². The van der Waals surface area contributed by atoms with Gasteiger partial charge in [-0.15, -0.1) is 11.8 Å². The van der Waals surface area contributed by atoms with Gasteiger partial charge in [-0.2, -0.15) is 0 Å². The van der Waals surface area contributed by atoms with Crippen molar-refractivity contribution in [1.29, 1.82) is 0 Å². The summed E-state index contributed by atoms with van der Waals surface area (Å²) in [4.78, 5) is 42.9. The van der Waals surface area contributed by atoms with Crippen LogP contribution in [0, 0.1) is 11.8 Å². The van der Waals surface area contributed by atoms with Crippen LogP contribution in [0.3, 0.4) is 0 Å². The third-order valence-electron chi connectivity index (χ3n) is 8.22. The van der Waals surface area contributed by atoms with Crippen LogP contribution >= 0.6 is 11.8 Å². The lowest BCUT2D eigenvalue weighted by atomic mass is 9.70. The fraction of sp³-hybridized carbons (Fsp3) is 0.552. The second-order valence-electron chi connectivity index (χ2n) is 10.6. The van der Waals surface area contributed by atoms with E-state index in [4.69, 9.17) is 5.11 Å². The zero-order valence-electron chi connectivity index (χ0n) is 21.4. The molecular weight excluding hydrogens is 486 g/mol. The number of amides is 3. The Morgan fingerprint density at radius 1 is 1.08 bits per heavy atom. The minimum Gasteiger partial charge on any atom is -0.396 e. The van der Waals surface area contributed by atoms with Gasteiger partial charge in [0.05, 0.1) is 16.6 Å². The van der Waals surface area contributed by atoms with Crippen molar-refractivity contribution in [2.45, 2.75) is 67.9 Å². The van der Waals surface area contributed by atoms with E-state index in [2.05, 4.69) is 10.6 Å². The van der Waals surface area contributed by atoms with Gasteiger partial charge < -0.3 is 20.6 Å². The van der Waals surface area contributed by atoms with E-state index >= 15 is 0 Å². The summed E-state index contributed by atoms with van der Waals surface area (Å²) in [5.74, 6) is -1.10. The lowest BCUT2D eigenvalue weighted by molar-refractivity contribution is -0.139. The van der Waals surface area contributed by atoms with Crippen LogP contribution < -0.4 is 10.6 Å². The predicted octanol–water partition coefficient (Wildman–Crippen LogP) is 3.95. The van der Waals surface area contributed by atoms with E-state index in [-0.39, 0.29) is 35.5 Å². The number of hydrogen-bond donors (Lipinski definition) is 3. The van der Waals surface area contributed by atoms with Gasteiger partial charge in [-0.25, -0.2) is 0 Å². The number of likely N-dealkylation sites (tertiary alicyclic amines) is 1. The highest BCUT2D eigenvalue weighted by Crippen LogP contribution is 2.66. The average molecular weight is 524 g/mol. The molecule has 37 heavy (non-hydrogen) atoms. The molecule has 2 aromatic rings. The molecule has 2 bridgehead atoms. The highest BCUT2D eigenvalue weighted by atomic mass is 32.2. The van der Waals surface area contributed by atoms with Crippen LogP contribution in [0.25, 0.3) is 10.8 Å². The van der Waals surface area contributed by atoms with Crippen LogP contribution in [0.5, 0.6) is 0 Å². The van der Waals surface area contributed by atoms with Crippen LogP contribution in [-0.4, -0.2) is 63.5 Å². The molecule has 0 radical (unpaired) electrons. The number of thioether (sulfide) groups is 1. The number of carbonyl (C=O) groups excluding carboxylic acids is 3. The topological polar surface area (TPSA) is 98.7 Å². The molecule has 0 aromatic heterocycles. The SMILES string of the molecule is CCCNC(=O)[C@@H]1[C@H]2C(=O)N(CCCCCCO)C(C(=O)Nc3ccc4ccccc4c3)C23CC[C@H]1S3. The maximum atomic E-state index is 14.0. The van der Waals surface area contributed by atoms with Crippen molar-refractivity contribution >= 4 is 45.9 Å². The number of hydrogen-bond acceptors (Lipinski definition) is 5. The minimum atomic E-state index is -0.603. The molecule has 3 N–H and O–H groups in total. The number of unbranched alkanes of at least 4 members (excludes halogenated alkanes) is 3. The maximum absolute atomic E-state index is 14.0. The molecule has 8 heteroatoms. The molecular formula is C29H37N3O4S. The van der Waals surface area contributed by atoms with Gasteiger partial charge in [-0.3, -0.25) is 14.4 Å². The van der Waals surface area contributed by atoms with E-state index in [0.717, 1.165) is 55.7 Å². The van der Waals surface area contributed by atoms with Gasteiger partial charge in [-0.1, -0.05) is 50.1 Å². The molecule has 0 aliphatic carbocycles. The summed E-state index contributed by atoms with van der Waals surface area (Å²) in [7, 11) is 0. The minimum absolute atomic E-state index is 0.0437. The molecule has 3 amide bonds. The monoisotopic (exact) mass is 523 g/mol. The van der Waals surface area contributed by atoms with Crippen molar-refractivity contribution in [3.05, 3.63) is 42.5 Å². The molecule has 2 unspecified atom stereocenters. The van der Waals surface area contributed by atoms with Crippen molar-refractivity contribution in [2.24, 2.45) is 11.8 Å². The van der Waals surface area contributed by atoms with Gasteiger partial charge in [-0.05, 0) is 55.0 Å². The van der Waals surface area contributed by atoms with E-state index in [1.165, 1.54) is 0 Å². The number of benzene rings is 2. The molecule has 3 aliphatic heterocycles. The third-order valence-corrected chi connectivity index (χ3v) is 10.2. The quantitative estimate of drug-likeness (QED) is 0.388. The highest BCUT2D eigenvalue weighted by molar-refractivity contribution is 8.02. The van der Waals surface area contributed by atoms with Gasteiger partial charge in [0.15, 0.2) is 0 Å². The number of anilines is 1. The molecule has 5 atom stereocenters. The zero-order valence-corrected chi connectivity index (χ0v) is 22.3. The highest BCUT2D eigenvalue weighted by Gasteiger charge is 2.73. The van der Waals surface area contributed by atoms with Crippen molar-refractivity contribution < 1.29 is 19.5 Å². The van der Waals surface area contributed by atoms with E-state index in [1.807, 2.05) is 49.4 Å². The first-order valence-electron chi connectivity index (χ1n) is 13.7. The third kappa shape index (κ3) is 4.74. The average Bonchev–Trinajstić information content (AvgIpc) is 3.54. The van der Waals surface area contributed by atoms with Gasteiger partial charge >= 0.3 is 0 Å². The predicted molar refractivity (Wildman–Crippen MR) is 147 cm³/mol. The van der Waals surface area contributed by atoms with E-state index in [1.54, 1.807) is 16.7 Å². The fourth-order valence-electron chi connectivity index (χ4n) is 6.59. The van der Waals surface area contributed by atoms with Gasteiger partial charge in [0, 0.05) is 30.6 Å². The van der Waals surface area contributed by atoms with Crippen LogP contribution in [0.1, 0.15) is 51.9 Å². The molecule has 198 valence electrons. The molecule has 0 saturated carbocycles. The second kappa shape index (κ2) is 11.0. The lowest BCUT2D eigenvalue weighted by Crippen LogP contribution is -2.51. The molecule has 3 aliphatic rings. The summed E-state index contributed by atoms with van der Waals surface area (Å²) in [5.41, 5.74) is 0.716.